The SMILES string of the molecule is CN1N=C(c2ccc(O)cc2)CC1c1ccccc1. The maximum Gasteiger partial charge on any atom is 0.115 e. The molecular weight excluding hydrogens is 236 g/mol. The van der Waals surface area contributed by atoms with E-state index in [1.54, 1.807) is 12.1 Å². The average Bonchev–Trinajstić information content (AvgIpc) is 2.83. The summed E-state index contributed by atoms with van der Waals surface area (Å²) in [7, 11) is 2.01. The molecule has 0 saturated heterocycles. The molecule has 3 nitrogen and oxygen atoms in total. The summed E-state index contributed by atoms with van der Waals surface area (Å²) in [6.07, 6.45) is 0.894. The summed E-state index contributed by atoms with van der Waals surface area (Å²) in [4.78, 5) is 0. The number of benzene rings is 2. The van der Waals surface area contributed by atoms with Crippen molar-refractivity contribution in [2.24, 2.45) is 5.10 Å². The van der Waals surface area contributed by atoms with Gasteiger partial charge in [0.25, 0.3) is 0 Å². The Hall–Kier alpha value is -2.29. The van der Waals surface area contributed by atoms with Crippen molar-refractivity contribution in [3.8, 4) is 5.75 Å². The summed E-state index contributed by atoms with van der Waals surface area (Å²) in [5.74, 6) is 0.287. The molecule has 3 heteroatoms. The van der Waals surface area contributed by atoms with E-state index in [0.717, 1.165) is 17.7 Å². The predicted octanol–water partition coefficient (Wildman–Crippen LogP) is 3.17. The summed E-state index contributed by atoms with van der Waals surface area (Å²) in [5.41, 5.74) is 3.42. The number of phenols is 1. The number of rotatable bonds is 2. The molecular formula is C16H16N2O. The van der Waals surface area contributed by atoms with Crippen molar-refractivity contribution < 1.29 is 5.11 Å². The minimum atomic E-state index is 0.287. The molecule has 0 radical (unpaired) electrons. The van der Waals surface area contributed by atoms with Gasteiger partial charge < -0.3 is 5.11 Å². The Kier molecular flexibility index (Phi) is 2.95. The van der Waals surface area contributed by atoms with E-state index >= 15 is 0 Å². The lowest BCUT2D eigenvalue weighted by Crippen LogP contribution is -2.13. The third-order valence-electron chi connectivity index (χ3n) is 3.50. The van der Waals surface area contributed by atoms with Crippen LogP contribution in [0.1, 0.15) is 23.6 Å². The summed E-state index contributed by atoms with van der Waals surface area (Å²) in [6.45, 7) is 0. The summed E-state index contributed by atoms with van der Waals surface area (Å²) in [5, 5.41) is 16.0. The lowest BCUT2D eigenvalue weighted by molar-refractivity contribution is 0.290. The number of nitrogens with zero attached hydrogens (tertiary/aromatic N) is 2. The highest BCUT2D eigenvalue weighted by molar-refractivity contribution is 6.01. The number of hydrogen-bond donors (Lipinski definition) is 1. The van der Waals surface area contributed by atoms with Crippen LogP contribution < -0.4 is 0 Å². The molecule has 96 valence electrons. The molecule has 1 unspecified atom stereocenters. The van der Waals surface area contributed by atoms with Gasteiger partial charge in [-0.25, -0.2) is 0 Å². The van der Waals surface area contributed by atoms with Crippen molar-refractivity contribution in [1.82, 2.24) is 5.01 Å². The van der Waals surface area contributed by atoms with Crippen molar-refractivity contribution in [3.63, 3.8) is 0 Å². The van der Waals surface area contributed by atoms with Crippen LogP contribution in [0.2, 0.25) is 0 Å². The van der Waals surface area contributed by atoms with Crippen molar-refractivity contribution in [3.05, 3.63) is 65.7 Å². The van der Waals surface area contributed by atoms with Gasteiger partial charge in [0, 0.05) is 13.5 Å². The van der Waals surface area contributed by atoms with E-state index in [1.165, 1.54) is 5.56 Å². The molecule has 1 atom stereocenters. The van der Waals surface area contributed by atoms with E-state index in [-0.39, 0.29) is 5.75 Å². The molecule has 19 heavy (non-hydrogen) atoms. The second-order valence-corrected chi connectivity index (χ2v) is 4.80. The fourth-order valence-electron chi connectivity index (χ4n) is 2.45. The Labute approximate surface area is 112 Å². The molecule has 1 N–H and O–H groups in total. The van der Waals surface area contributed by atoms with E-state index in [1.807, 2.05) is 30.3 Å². The fraction of sp³-hybridized carbons (Fsp3) is 0.188. The number of hydrazone groups is 1. The van der Waals surface area contributed by atoms with Gasteiger partial charge in [0.05, 0.1) is 11.8 Å². The topological polar surface area (TPSA) is 35.8 Å². The van der Waals surface area contributed by atoms with Crippen LogP contribution in [0.4, 0.5) is 0 Å². The minimum absolute atomic E-state index is 0.287. The van der Waals surface area contributed by atoms with Gasteiger partial charge in [-0.05, 0) is 35.4 Å². The third-order valence-corrected chi connectivity index (χ3v) is 3.50. The number of aromatic hydroxyl groups is 1. The van der Waals surface area contributed by atoms with Gasteiger partial charge in [0.1, 0.15) is 5.75 Å². The first-order chi connectivity index (χ1) is 9.24. The first-order valence-corrected chi connectivity index (χ1v) is 6.39. The second-order valence-electron chi connectivity index (χ2n) is 4.80. The highest BCUT2D eigenvalue weighted by atomic mass is 16.3. The van der Waals surface area contributed by atoms with Crippen LogP contribution in [-0.2, 0) is 0 Å². The Morgan fingerprint density at radius 3 is 2.42 bits per heavy atom. The Morgan fingerprint density at radius 1 is 1.05 bits per heavy atom. The summed E-state index contributed by atoms with van der Waals surface area (Å²) >= 11 is 0. The van der Waals surface area contributed by atoms with Crippen molar-refractivity contribution in [2.45, 2.75) is 12.5 Å². The van der Waals surface area contributed by atoms with Gasteiger partial charge in [-0.15, -0.1) is 0 Å². The zero-order valence-electron chi connectivity index (χ0n) is 10.8. The zero-order chi connectivity index (χ0) is 13.2. The van der Waals surface area contributed by atoms with Crippen LogP contribution >= 0.6 is 0 Å². The molecule has 0 amide bonds. The van der Waals surface area contributed by atoms with Gasteiger partial charge in [-0.2, -0.15) is 5.10 Å². The fourth-order valence-corrected chi connectivity index (χ4v) is 2.45. The molecule has 0 fully saturated rings. The molecule has 0 spiro atoms. The lowest BCUT2D eigenvalue weighted by atomic mass is 9.99. The molecule has 2 aromatic carbocycles. The average molecular weight is 252 g/mol. The quantitative estimate of drug-likeness (QED) is 0.891. The van der Waals surface area contributed by atoms with E-state index in [0.29, 0.717) is 6.04 Å². The summed E-state index contributed by atoms with van der Waals surface area (Å²) in [6, 6.07) is 17.9. The maximum atomic E-state index is 9.33. The normalized spacial score (nSPS) is 18.5. The Morgan fingerprint density at radius 2 is 1.74 bits per heavy atom. The van der Waals surface area contributed by atoms with Crippen LogP contribution in [-0.4, -0.2) is 22.9 Å². The van der Waals surface area contributed by atoms with Gasteiger partial charge in [-0.3, -0.25) is 5.01 Å². The van der Waals surface area contributed by atoms with E-state index < -0.39 is 0 Å². The molecule has 3 rings (SSSR count). The lowest BCUT2D eigenvalue weighted by Gasteiger charge is -2.18. The van der Waals surface area contributed by atoms with Crippen LogP contribution in [0.3, 0.4) is 0 Å². The monoisotopic (exact) mass is 252 g/mol. The van der Waals surface area contributed by atoms with Gasteiger partial charge >= 0.3 is 0 Å². The minimum Gasteiger partial charge on any atom is -0.508 e. The molecule has 1 heterocycles. The van der Waals surface area contributed by atoms with E-state index in [2.05, 4.69) is 29.4 Å². The van der Waals surface area contributed by atoms with Gasteiger partial charge in [0.15, 0.2) is 0 Å². The third kappa shape index (κ3) is 2.32. The molecule has 0 saturated carbocycles. The van der Waals surface area contributed by atoms with Gasteiger partial charge in [-0.1, -0.05) is 30.3 Å². The van der Waals surface area contributed by atoms with Crippen molar-refractivity contribution in [1.29, 1.82) is 0 Å². The van der Waals surface area contributed by atoms with Gasteiger partial charge in [0.2, 0.25) is 0 Å². The molecule has 0 aromatic heterocycles. The van der Waals surface area contributed by atoms with E-state index in [9.17, 15) is 5.11 Å². The predicted molar refractivity (Wildman–Crippen MR) is 76.2 cm³/mol. The molecule has 2 aromatic rings. The van der Waals surface area contributed by atoms with Crippen LogP contribution in [0.5, 0.6) is 5.75 Å². The smallest absolute Gasteiger partial charge is 0.115 e. The van der Waals surface area contributed by atoms with E-state index in [4.69, 9.17) is 0 Å². The largest absolute Gasteiger partial charge is 0.508 e. The van der Waals surface area contributed by atoms with Crippen LogP contribution in [0.15, 0.2) is 59.7 Å². The summed E-state index contributed by atoms with van der Waals surface area (Å²) < 4.78 is 0. The maximum absolute atomic E-state index is 9.33. The Balaban J connectivity index is 1.84. The highest BCUT2D eigenvalue weighted by Gasteiger charge is 2.25. The molecule has 0 aliphatic carbocycles. The standard InChI is InChI=1S/C16H16N2O/c1-18-16(13-5-3-2-4-6-13)11-15(17-18)12-7-9-14(19)10-8-12/h2-10,16,19H,11H2,1H3. The first-order valence-electron chi connectivity index (χ1n) is 6.39. The van der Waals surface area contributed by atoms with Crippen molar-refractivity contribution >= 4 is 5.71 Å². The van der Waals surface area contributed by atoms with Crippen LogP contribution in [0.25, 0.3) is 0 Å². The number of phenolic OH excluding ortho intramolecular Hbond substituents is 1. The first kappa shape index (κ1) is 11.8. The number of hydrogen-bond acceptors (Lipinski definition) is 3. The zero-order valence-corrected chi connectivity index (χ0v) is 10.8. The Bertz CT molecular complexity index is 590. The van der Waals surface area contributed by atoms with Crippen LogP contribution in [0, 0.1) is 0 Å². The highest BCUT2D eigenvalue weighted by Crippen LogP contribution is 2.31. The van der Waals surface area contributed by atoms with Crippen molar-refractivity contribution in [2.75, 3.05) is 7.05 Å². The molecule has 1 aliphatic heterocycles. The second kappa shape index (κ2) is 4.76. The molecule has 1 aliphatic rings. The molecule has 0 bridgehead atoms.